The van der Waals surface area contributed by atoms with Crippen molar-refractivity contribution >= 4 is 18.3 Å². The van der Waals surface area contributed by atoms with Gasteiger partial charge in [0.15, 0.2) is 0 Å². The van der Waals surface area contributed by atoms with Gasteiger partial charge >= 0.3 is 0 Å². The number of thiol groups is 1. The second-order valence-electron chi connectivity index (χ2n) is 3.86. The molecule has 15 heavy (non-hydrogen) atoms. The fourth-order valence-corrected chi connectivity index (χ4v) is 2.53. The molecule has 1 aromatic rings. The maximum Gasteiger partial charge on any atom is 0.125 e. The lowest BCUT2D eigenvalue weighted by Crippen LogP contribution is -2.44. The molecule has 1 heterocycles. The van der Waals surface area contributed by atoms with Crippen molar-refractivity contribution in [2.75, 3.05) is 18.0 Å². The molecule has 82 valence electrons. The van der Waals surface area contributed by atoms with E-state index < -0.39 is 0 Å². The number of hydrogen-bond acceptors (Lipinski definition) is 3. The van der Waals surface area contributed by atoms with E-state index in [-0.39, 0.29) is 5.50 Å². The van der Waals surface area contributed by atoms with E-state index in [0.29, 0.717) is 0 Å². The van der Waals surface area contributed by atoms with Crippen molar-refractivity contribution in [3.05, 3.63) is 29.8 Å². The molecule has 0 radical (unpaired) electrons. The minimum Gasteiger partial charge on any atom is -0.347 e. The van der Waals surface area contributed by atoms with Crippen molar-refractivity contribution in [3.8, 4) is 0 Å². The molecular weight excluding hydrogens is 204 g/mol. The number of anilines is 1. The van der Waals surface area contributed by atoms with Gasteiger partial charge in [-0.3, -0.25) is 5.32 Å². The van der Waals surface area contributed by atoms with Crippen LogP contribution in [0.2, 0.25) is 0 Å². The molecule has 1 unspecified atom stereocenters. The maximum atomic E-state index is 4.59. The Kier molecular flexibility index (Phi) is 3.54. The van der Waals surface area contributed by atoms with E-state index in [1.807, 2.05) is 0 Å². The quantitative estimate of drug-likeness (QED) is 0.602. The van der Waals surface area contributed by atoms with Crippen LogP contribution in [0.1, 0.15) is 18.9 Å². The zero-order valence-electron chi connectivity index (χ0n) is 9.11. The van der Waals surface area contributed by atoms with Crippen LogP contribution >= 0.6 is 12.6 Å². The third kappa shape index (κ3) is 2.29. The zero-order chi connectivity index (χ0) is 10.7. The smallest absolute Gasteiger partial charge is 0.125 e. The average Bonchev–Trinajstić information content (AvgIpc) is 2.28. The van der Waals surface area contributed by atoms with Crippen molar-refractivity contribution < 1.29 is 0 Å². The summed E-state index contributed by atoms with van der Waals surface area (Å²) in [5.74, 6) is 0. The molecule has 1 N–H and O–H groups in total. The van der Waals surface area contributed by atoms with Gasteiger partial charge in [0.1, 0.15) is 5.50 Å². The summed E-state index contributed by atoms with van der Waals surface area (Å²) < 4.78 is 0. The molecule has 0 spiro atoms. The van der Waals surface area contributed by atoms with E-state index in [1.54, 1.807) is 0 Å². The second-order valence-corrected chi connectivity index (χ2v) is 4.35. The first-order valence-corrected chi connectivity index (χ1v) is 6.10. The molecule has 0 saturated heterocycles. The fourth-order valence-electron chi connectivity index (χ4n) is 2.11. The number of para-hydroxylation sites is 1. The molecule has 3 heteroatoms. The van der Waals surface area contributed by atoms with Gasteiger partial charge in [-0.1, -0.05) is 25.1 Å². The largest absolute Gasteiger partial charge is 0.347 e. The molecule has 2 nitrogen and oxygen atoms in total. The van der Waals surface area contributed by atoms with E-state index in [1.165, 1.54) is 24.1 Å². The Morgan fingerprint density at radius 2 is 2.27 bits per heavy atom. The van der Waals surface area contributed by atoms with Crippen LogP contribution in [0.4, 0.5) is 5.69 Å². The molecule has 0 saturated carbocycles. The molecule has 0 bridgehead atoms. The van der Waals surface area contributed by atoms with Crippen LogP contribution < -0.4 is 10.2 Å². The van der Waals surface area contributed by atoms with Crippen molar-refractivity contribution in [2.24, 2.45) is 0 Å². The standard InChI is InChI=1S/C12H18N2S/c1-2-13-12(15)14-9-5-7-10-6-3-4-8-11(10)14/h3-4,6,8,12-13,15H,2,5,7,9H2,1H3. The third-order valence-corrected chi connectivity index (χ3v) is 3.29. The fraction of sp³-hybridized carbons (Fsp3) is 0.500. The van der Waals surface area contributed by atoms with Crippen LogP contribution in [0, 0.1) is 0 Å². The van der Waals surface area contributed by atoms with Crippen molar-refractivity contribution in [3.63, 3.8) is 0 Å². The lowest BCUT2D eigenvalue weighted by Gasteiger charge is -2.35. The Labute approximate surface area is 97.1 Å². The SMILES string of the molecule is CCNC(S)N1CCCc2ccccc21. The Hall–Kier alpha value is -0.670. The number of benzene rings is 1. The normalized spacial score (nSPS) is 17.3. The number of nitrogens with zero attached hydrogens (tertiary/aromatic N) is 1. The highest BCUT2D eigenvalue weighted by Crippen LogP contribution is 2.28. The number of nitrogens with one attached hydrogen (secondary N) is 1. The van der Waals surface area contributed by atoms with Crippen molar-refractivity contribution in [1.29, 1.82) is 0 Å². The summed E-state index contributed by atoms with van der Waals surface area (Å²) in [6.07, 6.45) is 2.42. The van der Waals surface area contributed by atoms with E-state index in [4.69, 9.17) is 0 Å². The molecule has 1 atom stereocenters. The molecule has 1 aliphatic heterocycles. The highest BCUT2D eigenvalue weighted by molar-refractivity contribution is 7.81. The summed E-state index contributed by atoms with van der Waals surface area (Å²) in [4.78, 5) is 2.34. The number of rotatable bonds is 3. The monoisotopic (exact) mass is 222 g/mol. The van der Waals surface area contributed by atoms with Gasteiger partial charge in [0, 0.05) is 12.2 Å². The molecular formula is C12H18N2S. The summed E-state index contributed by atoms with van der Waals surface area (Å²) in [5.41, 5.74) is 2.92. The van der Waals surface area contributed by atoms with Gasteiger partial charge in [0.05, 0.1) is 0 Å². The first-order valence-electron chi connectivity index (χ1n) is 5.59. The lowest BCUT2D eigenvalue weighted by molar-refractivity contribution is 0.596. The van der Waals surface area contributed by atoms with E-state index in [0.717, 1.165) is 13.1 Å². The Bertz CT molecular complexity index is 327. The lowest BCUT2D eigenvalue weighted by atomic mass is 10.0. The molecule has 0 aromatic heterocycles. The highest BCUT2D eigenvalue weighted by atomic mass is 32.1. The maximum absolute atomic E-state index is 4.59. The van der Waals surface area contributed by atoms with Crippen LogP contribution in [-0.2, 0) is 6.42 Å². The van der Waals surface area contributed by atoms with Crippen LogP contribution in [0.25, 0.3) is 0 Å². The summed E-state index contributed by atoms with van der Waals surface area (Å²) in [7, 11) is 0. The molecule has 1 aromatic carbocycles. The molecule has 2 rings (SSSR count). The van der Waals surface area contributed by atoms with Gasteiger partial charge in [0.25, 0.3) is 0 Å². The van der Waals surface area contributed by atoms with Crippen molar-refractivity contribution in [1.82, 2.24) is 5.32 Å². The highest BCUT2D eigenvalue weighted by Gasteiger charge is 2.20. The summed E-state index contributed by atoms with van der Waals surface area (Å²) >= 11 is 4.59. The van der Waals surface area contributed by atoms with Gasteiger partial charge in [-0.15, -0.1) is 12.6 Å². The number of hydrogen-bond donors (Lipinski definition) is 2. The average molecular weight is 222 g/mol. The Balaban J connectivity index is 2.21. The predicted molar refractivity (Wildman–Crippen MR) is 68.6 cm³/mol. The Morgan fingerprint density at radius 3 is 3.07 bits per heavy atom. The third-order valence-electron chi connectivity index (χ3n) is 2.83. The minimum atomic E-state index is 0.136. The first kappa shape index (κ1) is 10.8. The number of aryl methyl sites for hydroxylation is 1. The van der Waals surface area contributed by atoms with Crippen LogP contribution in [0.15, 0.2) is 24.3 Å². The van der Waals surface area contributed by atoms with Crippen LogP contribution in [-0.4, -0.2) is 18.6 Å². The molecule has 0 aliphatic carbocycles. The first-order chi connectivity index (χ1) is 7.33. The van der Waals surface area contributed by atoms with E-state index >= 15 is 0 Å². The zero-order valence-corrected chi connectivity index (χ0v) is 10.0. The second kappa shape index (κ2) is 4.90. The van der Waals surface area contributed by atoms with E-state index in [2.05, 4.69) is 54.0 Å². The molecule has 0 amide bonds. The summed E-state index contributed by atoms with van der Waals surface area (Å²) in [6.45, 7) is 4.16. The molecule has 1 aliphatic rings. The van der Waals surface area contributed by atoms with E-state index in [9.17, 15) is 0 Å². The molecule has 0 fully saturated rings. The summed E-state index contributed by atoms with van der Waals surface area (Å²) in [5, 5.41) is 3.35. The van der Waals surface area contributed by atoms with Crippen LogP contribution in [0.5, 0.6) is 0 Å². The van der Waals surface area contributed by atoms with Gasteiger partial charge < -0.3 is 4.90 Å². The van der Waals surface area contributed by atoms with Crippen molar-refractivity contribution in [2.45, 2.75) is 25.3 Å². The number of fused-ring (bicyclic) bond motifs is 1. The van der Waals surface area contributed by atoms with Gasteiger partial charge in [-0.05, 0) is 31.0 Å². The minimum absolute atomic E-state index is 0.136. The van der Waals surface area contributed by atoms with Gasteiger partial charge in [-0.25, -0.2) is 0 Å². The van der Waals surface area contributed by atoms with Gasteiger partial charge in [-0.2, -0.15) is 0 Å². The summed E-state index contributed by atoms with van der Waals surface area (Å²) in [6, 6.07) is 8.62. The van der Waals surface area contributed by atoms with Crippen LogP contribution in [0.3, 0.4) is 0 Å². The predicted octanol–water partition coefficient (Wildman–Crippen LogP) is 2.26. The Morgan fingerprint density at radius 1 is 1.47 bits per heavy atom. The topological polar surface area (TPSA) is 15.3 Å². The van der Waals surface area contributed by atoms with Gasteiger partial charge in [0.2, 0.25) is 0 Å².